The van der Waals surface area contributed by atoms with Gasteiger partial charge in [0.2, 0.25) is 0 Å². The van der Waals surface area contributed by atoms with Crippen LogP contribution < -0.4 is 5.32 Å². The Balaban J connectivity index is 2.18. The van der Waals surface area contributed by atoms with E-state index < -0.39 is 0 Å². The van der Waals surface area contributed by atoms with Crippen LogP contribution >= 0.6 is 0 Å². The summed E-state index contributed by atoms with van der Waals surface area (Å²) < 4.78 is 8.12. The van der Waals surface area contributed by atoms with Gasteiger partial charge in [-0.3, -0.25) is 4.68 Å². The monoisotopic (exact) mass is 280 g/mol. The smallest absolute Gasteiger partial charge is 0.138 e. The van der Waals surface area contributed by atoms with Gasteiger partial charge in [0.1, 0.15) is 12.2 Å². The van der Waals surface area contributed by atoms with Crippen molar-refractivity contribution in [3.8, 4) is 0 Å². The molecule has 2 rings (SSSR count). The lowest BCUT2D eigenvalue weighted by Gasteiger charge is -2.45. The first kappa shape index (κ1) is 15.4. The number of hydrogen-bond acceptors (Lipinski definition) is 4. The predicted molar refractivity (Wildman–Crippen MR) is 79.5 cm³/mol. The lowest BCUT2D eigenvalue weighted by molar-refractivity contribution is -0.0992. The highest BCUT2D eigenvalue weighted by molar-refractivity contribution is 5.02. The van der Waals surface area contributed by atoms with Crippen molar-refractivity contribution >= 4 is 0 Å². The third kappa shape index (κ3) is 3.20. The fourth-order valence-corrected chi connectivity index (χ4v) is 3.62. The first-order chi connectivity index (χ1) is 9.61. The normalized spacial score (nSPS) is 28.5. The zero-order valence-corrected chi connectivity index (χ0v) is 13.2. The Morgan fingerprint density at radius 1 is 1.60 bits per heavy atom. The van der Waals surface area contributed by atoms with Gasteiger partial charge in [-0.15, -0.1) is 0 Å². The molecular weight excluding hydrogens is 252 g/mol. The summed E-state index contributed by atoms with van der Waals surface area (Å²) in [6, 6.07) is 0.285. The van der Waals surface area contributed by atoms with Crippen LogP contribution in [-0.2, 0) is 18.2 Å². The molecule has 0 saturated heterocycles. The summed E-state index contributed by atoms with van der Waals surface area (Å²) in [4.78, 5) is 4.36. The number of rotatable bonds is 6. The van der Waals surface area contributed by atoms with Crippen LogP contribution in [0.3, 0.4) is 0 Å². The molecule has 0 aliphatic heterocycles. The van der Waals surface area contributed by atoms with Crippen molar-refractivity contribution in [2.45, 2.75) is 57.6 Å². The minimum absolute atomic E-state index is 0.0624. The zero-order chi connectivity index (χ0) is 14.6. The Kier molecular flexibility index (Phi) is 5.16. The maximum absolute atomic E-state index is 6.26. The summed E-state index contributed by atoms with van der Waals surface area (Å²) in [6.45, 7) is 5.20. The van der Waals surface area contributed by atoms with Crippen molar-refractivity contribution in [1.82, 2.24) is 20.1 Å². The fourth-order valence-electron chi connectivity index (χ4n) is 3.62. The molecule has 1 aromatic heterocycles. The van der Waals surface area contributed by atoms with Crippen LogP contribution in [0.15, 0.2) is 6.33 Å². The van der Waals surface area contributed by atoms with E-state index in [-0.39, 0.29) is 11.6 Å². The van der Waals surface area contributed by atoms with Crippen LogP contribution in [0.4, 0.5) is 0 Å². The molecule has 0 spiro atoms. The Morgan fingerprint density at radius 2 is 2.40 bits per heavy atom. The van der Waals surface area contributed by atoms with E-state index in [1.54, 1.807) is 6.33 Å². The molecule has 1 aliphatic carbocycles. The topological polar surface area (TPSA) is 52.0 Å². The average molecular weight is 280 g/mol. The molecule has 1 heterocycles. The second kappa shape index (κ2) is 6.68. The Morgan fingerprint density at radius 3 is 2.95 bits per heavy atom. The summed E-state index contributed by atoms with van der Waals surface area (Å²) in [7, 11) is 3.98. The SMILES string of the molecule is CCOC1(C(Cc2ncnn2C)NC)CCCC(C)C1. The second-order valence-electron chi connectivity index (χ2n) is 6.04. The molecule has 3 atom stereocenters. The number of nitrogens with one attached hydrogen (secondary N) is 1. The molecule has 0 radical (unpaired) electrons. The van der Waals surface area contributed by atoms with Gasteiger partial charge >= 0.3 is 0 Å². The van der Waals surface area contributed by atoms with Gasteiger partial charge in [0, 0.05) is 26.1 Å². The van der Waals surface area contributed by atoms with Gasteiger partial charge < -0.3 is 10.1 Å². The molecule has 20 heavy (non-hydrogen) atoms. The average Bonchev–Trinajstić information content (AvgIpc) is 2.81. The van der Waals surface area contributed by atoms with E-state index in [0.29, 0.717) is 0 Å². The van der Waals surface area contributed by atoms with Gasteiger partial charge in [-0.25, -0.2) is 4.98 Å². The molecule has 5 heteroatoms. The molecule has 5 nitrogen and oxygen atoms in total. The van der Waals surface area contributed by atoms with Gasteiger partial charge in [0.05, 0.1) is 5.60 Å². The number of ether oxygens (including phenoxy) is 1. The molecule has 0 amide bonds. The third-order valence-corrected chi connectivity index (χ3v) is 4.60. The Bertz CT molecular complexity index is 416. The number of likely N-dealkylation sites (N-methyl/N-ethyl adjacent to an activating group) is 1. The molecule has 3 unspecified atom stereocenters. The van der Waals surface area contributed by atoms with Gasteiger partial charge in [-0.05, 0) is 32.7 Å². The van der Waals surface area contributed by atoms with Crippen LogP contribution in [0, 0.1) is 5.92 Å². The highest BCUT2D eigenvalue weighted by Gasteiger charge is 2.42. The first-order valence-corrected chi connectivity index (χ1v) is 7.75. The highest BCUT2D eigenvalue weighted by Crippen LogP contribution is 2.38. The van der Waals surface area contributed by atoms with Crippen molar-refractivity contribution in [1.29, 1.82) is 0 Å². The van der Waals surface area contributed by atoms with E-state index in [0.717, 1.165) is 37.6 Å². The quantitative estimate of drug-likeness (QED) is 0.865. The van der Waals surface area contributed by atoms with Crippen molar-refractivity contribution in [3.05, 3.63) is 12.2 Å². The maximum Gasteiger partial charge on any atom is 0.138 e. The van der Waals surface area contributed by atoms with Crippen molar-refractivity contribution in [2.75, 3.05) is 13.7 Å². The van der Waals surface area contributed by atoms with Gasteiger partial charge in [-0.1, -0.05) is 19.8 Å². The van der Waals surface area contributed by atoms with Crippen molar-refractivity contribution in [3.63, 3.8) is 0 Å². The molecular formula is C15H28N4O. The molecule has 1 aromatic rings. The lowest BCUT2D eigenvalue weighted by Crippen LogP contribution is -2.55. The third-order valence-electron chi connectivity index (χ3n) is 4.60. The van der Waals surface area contributed by atoms with Gasteiger partial charge in [0.25, 0.3) is 0 Å². The summed E-state index contributed by atoms with van der Waals surface area (Å²) in [5.74, 6) is 1.74. The number of hydrogen-bond donors (Lipinski definition) is 1. The van der Waals surface area contributed by atoms with Crippen molar-refractivity contribution in [2.24, 2.45) is 13.0 Å². The Labute approximate surface area is 122 Å². The number of nitrogens with zero attached hydrogens (tertiary/aromatic N) is 3. The largest absolute Gasteiger partial charge is 0.374 e. The van der Waals surface area contributed by atoms with Crippen LogP contribution in [0.5, 0.6) is 0 Å². The van der Waals surface area contributed by atoms with E-state index >= 15 is 0 Å². The van der Waals surface area contributed by atoms with Crippen LogP contribution in [-0.4, -0.2) is 40.1 Å². The predicted octanol–water partition coefficient (Wildman–Crippen LogP) is 1.93. The van der Waals surface area contributed by atoms with Crippen LogP contribution in [0.1, 0.15) is 45.4 Å². The van der Waals surface area contributed by atoms with E-state index in [2.05, 4.69) is 29.2 Å². The highest BCUT2D eigenvalue weighted by atomic mass is 16.5. The molecule has 1 fully saturated rings. The number of aryl methyl sites for hydroxylation is 1. The zero-order valence-electron chi connectivity index (χ0n) is 13.2. The second-order valence-corrected chi connectivity index (χ2v) is 6.04. The molecule has 114 valence electrons. The van der Waals surface area contributed by atoms with E-state index in [4.69, 9.17) is 4.74 Å². The van der Waals surface area contributed by atoms with E-state index in [1.165, 1.54) is 12.8 Å². The molecule has 1 saturated carbocycles. The standard InChI is InChI=1S/C15H28N4O/c1-5-20-15(8-6-7-12(2)10-15)13(16-3)9-14-17-11-18-19(14)4/h11-13,16H,5-10H2,1-4H3. The molecule has 0 bridgehead atoms. The van der Waals surface area contributed by atoms with Crippen LogP contribution in [0.2, 0.25) is 0 Å². The maximum atomic E-state index is 6.26. The van der Waals surface area contributed by atoms with Crippen molar-refractivity contribution < 1.29 is 4.74 Å². The summed E-state index contributed by atoms with van der Waals surface area (Å²) in [5.41, 5.74) is -0.0624. The number of aromatic nitrogens is 3. The molecule has 0 aromatic carbocycles. The van der Waals surface area contributed by atoms with Gasteiger partial charge in [0.15, 0.2) is 0 Å². The molecule has 1 N–H and O–H groups in total. The summed E-state index contributed by atoms with van der Waals surface area (Å²) >= 11 is 0. The first-order valence-electron chi connectivity index (χ1n) is 7.75. The lowest BCUT2D eigenvalue weighted by atomic mass is 9.73. The molecule has 1 aliphatic rings. The van der Waals surface area contributed by atoms with Gasteiger partial charge in [-0.2, -0.15) is 5.10 Å². The summed E-state index contributed by atoms with van der Waals surface area (Å²) in [5, 5.41) is 7.65. The fraction of sp³-hybridized carbons (Fsp3) is 0.867. The minimum atomic E-state index is -0.0624. The van der Waals surface area contributed by atoms with E-state index in [9.17, 15) is 0 Å². The van der Waals surface area contributed by atoms with Crippen LogP contribution in [0.25, 0.3) is 0 Å². The Hall–Kier alpha value is -0.940. The van der Waals surface area contributed by atoms with E-state index in [1.807, 2.05) is 18.8 Å². The summed E-state index contributed by atoms with van der Waals surface area (Å²) in [6.07, 6.45) is 7.31. The minimum Gasteiger partial charge on any atom is -0.374 e.